The van der Waals surface area contributed by atoms with Gasteiger partial charge in [-0.05, 0) is 12.0 Å². The van der Waals surface area contributed by atoms with E-state index in [0.717, 1.165) is 0 Å². The lowest BCUT2D eigenvalue weighted by Crippen LogP contribution is -2.40. The molecule has 0 aliphatic heterocycles. The predicted molar refractivity (Wildman–Crippen MR) is 88.5 cm³/mol. The van der Waals surface area contributed by atoms with Crippen molar-refractivity contribution in [3.8, 4) is 0 Å². The Morgan fingerprint density at radius 1 is 0.842 bits per heavy atom. The van der Waals surface area contributed by atoms with Gasteiger partial charge < -0.3 is 0 Å². The van der Waals surface area contributed by atoms with Gasteiger partial charge in [-0.3, -0.25) is 0 Å². The molecule has 0 fully saturated rings. The maximum atomic E-state index is 2.46. The second kappa shape index (κ2) is 6.53. The Bertz CT molecular complexity index is 512. The molecule has 0 aromatic heterocycles. The third-order valence-electron chi connectivity index (χ3n) is 3.60. The zero-order chi connectivity index (χ0) is 13.6. The molecule has 0 radical (unpaired) electrons. The van der Waals surface area contributed by atoms with Gasteiger partial charge in [0, 0.05) is 0 Å². The molecule has 0 saturated carbocycles. The number of allylic oxidation sites excluding steroid dienone is 1. The van der Waals surface area contributed by atoms with Crippen molar-refractivity contribution in [1.82, 2.24) is 0 Å². The summed E-state index contributed by atoms with van der Waals surface area (Å²) in [6.07, 6.45) is 5.71. The van der Waals surface area contributed by atoms with Gasteiger partial charge in [-0.2, -0.15) is 0 Å². The van der Waals surface area contributed by atoms with Crippen molar-refractivity contribution in [1.29, 1.82) is 0 Å². The molecule has 0 spiro atoms. The van der Waals surface area contributed by atoms with Gasteiger partial charge in [-0.15, -0.1) is 0 Å². The number of hydrogen-bond acceptors (Lipinski definition) is 0. The van der Waals surface area contributed by atoms with E-state index in [-0.39, 0.29) is 0 Å². The summed E-state index contributed by atoms with van der Waals surface area (Å²) in [6.45, 7) is 4.91. The van der Waals surface area contributed by atoms with E-state index < -0.39 is 8.07 Å². The summed E-state index contributed by atoms with van der Waals surface area (Å²) in [5, 5.41) is 1.56. The fraction of sp³-hybridized carbons (Fsp3) is 0.222. The lowest BCUT2D eigenvalue weighted by Gasteiger charge is -2.22. The minimum atomic E-state index is -1.27. The van der Waals surface area contributed by atoms with Gasteiger partial charge in [-0.1, -0.05) is 97.1 Å². The molecule has 0 amide bonds. The van der Waals surface area contributed by atoms with Gasteiger partial charge in [-0.25, -0.2) is 0 Å². The Morgan fingerprint density at radius 2 is 1.42 bits per heavy atom. The predicted octanol–water partition coefficient (Wildman–Crippen LogP) is 4.71. The molecule has 2 rings (SSSR count). The van der Waals surface area contributed by atoms with Crippen LogP contribution in [0.2, 0.25) is 19.1 Å². The molecular formula is C18H22Si. The van der Waals surface area contributed by atoms with Crippen LogP contribution in [0.25, 0.3) is 6.08 Å². The number of hydrogen-bond donors (Lipinski definition) is 0. The largest absolute Gasteiger partial charge is 0.0842 e. The van der Waals surface area contributed by atoms with Crippen molar-refractivity contribution in [2.45, 2.75) is 25.6 Å². The normalized spacial score (nSPS) is 11.9. The Balaban J connectivity index is 1.90. The number of rotatable bonds is 5. The molecule has 98 valence electrons. The highest BCUT2D eigenvalue weighted by Crippen LogP contribution is 2.13. The molecular weight excluding hydrogens is 244 g/mol. The van der Waals surface area contributed by atoms with E-state index in [4.69, 9.17) is 0 Å². The first kappa shape index (κ1) is 13.8. The van der Waals surface area contributed by atoms with E-state index in [1.54, 1.807) is 5.19 Å². The van der Waals surface area contributed by atoms with Crippen molar-refractivity contribution in [2.75, 3.05) is 0 Å². The summed E-state index contributed by atoms with van der Waals surface area (Å²) in [4.78, 5) is 0. The van der Waals surface area contributed by atoms with E-state index in [1.165, 1.54) is 18.0 Å². The van der Waals surface area contributed by atoms with Gasteiger partial charge in [0.15, 0.2) is 0 Å². The van der Waals surface area contributed by atoms with Crippen molar-refractivity contribution >= 4 is 19.3 Å². The highest BCUT2D eigenvalue weighted by Gasteiger charge is 2.21. The smallest absolute Gasteiger partial charge is 0.0809 e. The summed E-state index contributed by atoms with van der Waals surface area (Å²) in [5.74, 6) is 0. The van der Waals surface area contributed by atoms with E-state index in [1.807, 2.05) is 0 Å². The lowest BCUT2D eigenvalue weighted by molar-refractivity contribution is 1.17. The van der Waals surface area contributed by atoms with Crippen LogP contribution in [0.5, 0.6) is 0 Å². The SMILES string of the molecule is C[Si](C)(CCC=Cc1ccccc1)c1ccccc1. The first-order valence-electron chi connectivity index (χ1n) is 6.96. The third kappa shape index (κ3) is 4.21. The summed E-state index contributed by atoms with van der Waals surface area (Å²) in [7, 11) is -1.27. The second-order valence-electron chi connectivity index (χ2n) is 5.60. The molecule has 0 aliphatic carbocycles. The highest BCUT2D eigenvalue weighted by atomic mass is 28.3. The average molecular weight is 266 g/mol. The van der Waals surface area contributed by atoms with Gasteiger partial charge >= 0.3 is 0 Å². The van der Waals surface area contributed by atoms with Gasteiger partial charge in [0.2, 0.25) is 0 Å². The maximum absolute atomic E-state index is 2.46. The van der Waals surface area contributed by atoms with Gasteiger partial charge in [0.25, 0.3) is 0 Å². The van der Waals surface area contributed by atoms with Gasteiger partial charge in [0.1, 0.15) is 0 Å². The first-order chi connectivity index (χ1) is 9.18. The fourth-order valence-electron chi connectivity index (χ4n) is 2.26. The number of benzene rings is 2. The minimum absolute atomic E-state index is 1.17. The van der Waals surface area contributed by atoms with Crippen LogP contribution in [0.4, 0.5) is 0 Å². The first-order valence-corrected chi connectivity index (χ1v) is 10.2. The van der Waals surface area contributed by atoms with E-state index in [9.17, 15) is 0 Å². The molecule has 0 nitrogen and oxygen atoms in total. The second-order valence-corrected chi connectivity index (χ2v) is 10.4. The molecule has 0 aliphatic rings. The minimum Gasteiger partial charge on any atom is -0.0842 e. The molecule has 0 N–H and O–H groups in total. The van der Waals surface area contributed by atoms with Crippen molar-refractivity contribution < 1.29 is 0 Å². The standard InChI is InChI=1S/C18H22Si/c1-19(2,18-14-7-4-8-15-18)16-10-9-13-17-11-5-3-6-12-17/h3-9,11-15H,10,16H2,1-2H3. The molecule has 2 aromatic carbocycles. The van der Waals surface area contributed by atoms with E-state index in [2.05, 4.69) is 85.9 Å². The molecule has 0 unspecified atom stereocenters. The van der Waals surface area contributed by atoms with Crippen LogP contribution in [-0.4, -0.2) is 8.07 Å². The zero-order valence-electron chi connectivity index (χ0n) is 11.8. The fourth-order valence-corrected chi connectivity index (χ4v) is 4.53. The van der Waals surface area contributed by atoms with Crippen LogP contribution >= 0.6 is 0 Å². The highest BCUT2D eigenvalue weighted by molar-refractivity contribution is 6.89. The molecule has 2 aromatic rings. The zero-order valence-corrected chi connectivity index (χ0v) is 12.8. The summed E-state index contributed by atoms with van der Waals surface area (Å²) in [5.41, 5.74) is 1.29. The Hall–Kier alpha value is -1.60. The maximum Gasteiger partial charge on any atom is 0.0809 e. The summed E-state index contributed by atoms with van der Waals surface area (Å²) >= 11 is 0. The van der Waals surface area contributed by atoms with Crippen LogP contribution in [0, 0.1) is 0 Å². The van der Waals surface area contributed by atoms with Crippen molar-refractivity contribution in [3.05, 3.63) is 72.3 Å². The molecule has 1 heteroatoms. The van der Waals surface area contributed by atoms with Crippen LogP contribution in [0.1, 0.15) is 12.0 Å². The Kier molecular flexibility index (Phi) is 4.75. The molecule has 0 atom stereocenters. The van der Waals surface area contributed by atoms with E-state index in [0.29, 0.717) is 0 Å². The van der Waals surface area contributed by atoms with Crippen LogP contribution in [0.15, 0.2) is 66.7 Å². The average Bonchev–Trinajstić information content (AvgIpc) is 2.46. The molecule has 19 heavy (non-hydrogen) atoms. The Morgan fingerprint density at radius 3 is 2.05 bits per heavy atom. The van der Waals surface area contributed by atoms with E-state index >= 15 is 0 Å². The quantitative estimate of drug-likeness (QED) is 0.688. The van der Waals surface area contributed by atoms with Crippen LogP contribution in [-0.2, 0) is 0 Å². The summed E-state index contributed by atoms with van der Waals surface area (Å²) < 4.78 is 0. The molecule has 0 bridgehead atoms. The Labute approximate surface area is 117 Å². The summed E-state index contributed by atoms with van der Waals surface area (Å²) in [6, 6.07) is 22.8. The van der Waals surface area contributed by atoms with Crippen molar-refractivity contribution in [3.63, 3.8) is 0 Å². The van der Waals surface area contributed by atoms with Crippen LogP contribution < -0.4 is 5.19 Å². The molecule has 0 saturated heterocycles. The monoisotopic (exact) mass is 266 g/mol. The van der Waals surface area contributed by atoms with Gasteiger partial charge in [0.05, 0.1) is 8.07 Å². The molecule has 0 heterocycles. The van der Waals surface area contributed by atoms with Crippen molar-refractivity contribution in [2.24, 2.45) is 0 Å². The van der Waals surface area contributed by atoms with Crippen LogP contribution in [0.3, 0.4) is 0 Å². The topological polar surface area (TPSA) is 0 Å². The third-order valence-corrected chi connectivity index (χ3v) is 7.04. The lowest BCUT2D eigenvalue weighted by atomic mass is 10.2.